The Labute approximate surface area is 67.7 Å². The highest BCUT2D eigenvalue weighted by Crippen LogP contribution is 2.16. The van der Waals surface area contributed by atoms with Gasteiger partial charge >= 0.3 is 6.17 Å². The topological polar surface area (TPSA) is 89.5 Å². The maximum absolute atomic E-state index is 9.96. The summed E-state index contributed by atoms with van der Waals surface area (Å²) in [5.41, 5.74) is 0. The molecule has 1 saturated heterocycles. The summed E-state index contributed by atoms with van der Waals surface area (Å²) in [5, 5.41) is 19.8. The van der Waals surface area contributed by atoms with Crippen LogP contribution in [-0.4, -0.2) is 27.7 Å². The second-order valence-corrected chi connectivity index (χ2v) is 1.96. The van der Waals surface area contributed by atoms with Crippen molar-refractivity contribution in [3.8, 4) is 0 Å². The van der Waals surface area contributed by atoms with Crippen molar-refractivity contribution < 1.29 is 9.96 Å². The number of nitrogens with zero attached hydrogens (tertiary/aromatic N) is 3. The zero-order valence-corrected chi connectivity index (χ0v) is 6.19. The molecule has 1 aliphatic rings. The van der Waals surface area contributed by atoms with Crippen LogP contribution in [0.5, 0.6) is 0 Å². The largest absolute Gasteiger partial charge is 0.338 e. The Morgan fingerprint density at radius 1 is 1.36 bits per heavy atom. The summed E-state index contributed by atoms with van der Waals surface area (Å²) >= 11 is 0. The van der Waals surface area contributed by atoms with E-state index in [0.29, 0.717) is 5.01 Å². The van der Waals surface area contributed by atoms with Crippen molar-refractivity contribution in [3.63, 3.8) is 0 Å². The van der Waals surface area contributed by atoms with Gasteiger partial charge in [0.05, 0.1) is 17.9 Å². The van der Waals surface area contributed by atoms with Gasteiger partial charge in [-0.05, 0) is 0 Å². The van der Waals surface area contributed by atoms with Crippen LogP contribution in [0, 0.1) is 20.2 Å². The Bertz CT molecular complexity index is 165. The first kappa shape index (κ1) is 9.89. The van der Waals surface area contributed by atoms with Gasteiger partial charge in [-0.1, -0.05) is 5.01 Å². The summed E-state index contributed by atoms with van der Waals surface area (Å²) in [6, 6.07) is 0. The van der Waals surface area contributed by atoms with E-state index >= 15 is 0 Å². The average Bonchev–Trinajstić information content (AvgIpc) is 1.56. The maximum Gasteiger partial charge on any atom is 0.338 e. The number of nitro groups is 2. The highest BCUT2D eigenvalue weighted by atomic mass is 35.5. The van der Waals surface area contributed by atoms with Crippen molar-refractivity contribution in [1.29, 1.82) is 0 Å². The molecule has 0 saturated carbocycles. The quantitative estimate of drug-likeness (QED) is 0.441. The maximum atomic E-state index is 9.96. The van der Waals surface area contributed by atoms with Crippen molar-refractivity contribution in [2.24, 2.45) is 0 Å². The van der Waals surface area contributed by atoms with Crippen LogP contribution in [0.15, 0.2) is 0 Å². The van der Waals surface area contributed by atoms with Crippen LogP contribution in [0.4, 0.5) is 0 Å². The van der Waals surface area contributed by atoms with E-state index in [-0.39, 0.29) is 25.4 Å². The Morgan fingerprint density at radius 2 is 1.91 bits per heavy atom. The van der Waals surface area contributed by atoms with Crippen molar-refractivity contribution in [2.75, 3.05) is 6.54 Å². The fourth-order valence-electron chi connectivity index (χ4n) is 0.765. The molecule has 0 aromatic rings. The van der Waals surface area contributed by atoms with Gasteiger partial charge in [-0.15, -0.1) is 12.4 Å². The van der Waals surface area contributed by atoms with Crippen LogP contribution in [0.1, 0.15) is 6.42 Å². The van der Waals surface area contributed by atoms with E-state index in [4.69, 9.17) is 0 Å². The monoisotopic (exact) mass is 183 g/mol. The fraction of sp³-hybridized carbons (Fsp3) is 1.00. The molecule has 1 unspecified atom stereocenters. The molecule has 0 aromatic heterocycles. The minimum atomic E-state index is -1.10. The smallest absolute Gasteiger partial charge is 0.262 e. The summed E-state index contributed by atoms with van der Waals surface area (Å²) in [6.45, 7) is 0.179. The number of hydrogen-bond donors (Lipinski definition) is 0. The highest BCUT2D eigenvalue weighted by Gasteiger charge is 2.45. The van der Waals surface area contributed by atoms with Crippen LogP contribution in [0.25, 0.3) is 0 Å². The van der Waals surface area contributed by atoms with Gasteiger partial charge in [-0.3, -0.25) is 10.1 Å². The molecule has 8 heteroatoms. The third-order valence-corrected chi connectivity index (χ3v) is 1.41. The van der Waals surface area contributed by atoms with Crippen molar-refractivity contribution in [3.05, 3.63) is 20.2 Å². The molecular formula is C3H6ClN3O4. The molecular weight excluding hydrogens is 178 g/mol. The highest BCUT2D eigenvalue weighted by molar-refractivity contribution is 5.85. The van der Waals surface area contributed by atoms with Crippen LogP contribution in [0.2, 0.25) is 0 Å². The second kappa shape index (κ2) is 3.33. The average molecular weight is 184 g/mol. The normalized spacial score (nSPS) is 21.5. The summed E-state index contributed by atoms with van der Waals surface area (Å²) in [4.78, 5) is 19.2. The molecule has 0 radical (unpaired) electrons. The zero-order chi connectivity index (χ0) is 7.72. The molecule has 0 spiro atoms. The third-order valence-electron chi connectivity index (χ3n) is 1.41. The van der Waals surface area contributed by atoms with E-state index in [1.165, 1.54) is 0 Å². The van der Waals surface area contributed by atoms with Gasteiger partial charge in [0.1, 0.15) is 0 Å². The van der Waals surface area contributed by atoms with E-state index in [1.54, 1.807) is 0 Å². The molecule has 0 amide bonds. The van der Waals surface area contributed by atoms with Gasteiger partial charge in [-0.25, -0.2) is 10.1 Å². The number of rotatable bonds is 2. The standard InChI is InChI=1S/C3H5N3O4.ClH/c7-5(8)3-1-2-4(3)6(9)10;/h3H,1-2H2;1H. The zero-order valence-electron chi connectivity index (χ0n) is 5.37. The Balaban J connectivity index is 0.000001000. The van der Waals surface area contributed by atoms with Gasteiger partial charge < -0.3 is 0 Å². The van der Waals surface area contributed by atoms with E-state index in [9.17, 15) is 20.2 Å². The minimum Gasteiger partial charge on any atom is -0.262 e. The molecule has 11 heavy (non-hydrogen) atoms. The fourth-order valence-corrected chi connectivity index (χ4v) is 0.765. The van der Waals surface area contributed by atoms with Crippen LogP contribution < -0.4 is 0 Å². The van der Waals surface area contributed by atoms with Gasteiger partial charge in [-0.2, -0.15) is 0 Å². The lowest BCUT2D eigenvalue weighted by Crippen LogP contribution is -2.54. The minimum absolute atomic E-state index is 0. The van der Waals surface area contributed by atoms with Crippen molar-refractivity contribution in [2.45, 2.75) is 12.6 Å². The Morgan fingerprint density at radius 3 is 2.00 bits per heavy atom. The Kier molecular flexibility index (Phi) is 2.99. The predicted octanol–water partition coefficient (Wildman–Crippen LogP) is -0.0916. The molecule has 0 aromatic carbocycles. The lowest BCUT2D eigenvalue weighted by atomic mass is 10.2. The van der Waals surface area contributed by atoms with Crippen LogP contribution in [0.3, 0.4) is 0 Å². The lowest BCUT2D eigenvalue weighted by molar-refractivity contribution is -0.754. The Hall–Kier alpha value is -1.11. The second-order valence-electron chi connectivity index (χ2n) is 1.96. The predicted molar refractivity (Wildman–Crippen MR) is 36.3 cm³/mol. The van der Waals surface area contributed by atoms with Gasteiger partial charge in [0.15, 0.2) is 5.03 Å². The summed E-state index contributed by atoms with van der Waals surface area (Å²) in [7, 11) is 0. The number of hydrazine groups is 1. The first-order valence-electron chi connectivity index (χ1n) is 2.67. The van der Waals surface area contributed by atoms with Crippen LogP contribution in [-0.2, 0) is 0 Å². The van der Waals surface area contributed by atoms with Gasteiger partial charge in [0.2, 0.25) is 0 Å². The lowest BCUT2D eigenvalue weighted by Gasteiger charge is -2.25. The SMILES string of the molecule is Cl.O=[N+]([O-])C1CCN1[N+](=O)[O-]. The molecule has 1 fully saturated rings. The number of hydrogen-bond acceptors (Lipinski definition) is 4. The molecule has 1 aliphatic heterocycles. The molecule has 1 rings (SSSR count). The van der Waals surface area contributed by atoms with E-state index in [2.05, 4.69) is 0 Å². The first-order valence-corrected chi connectivity index (χ1v) is 2.67. The molecule has 1 atom stereocenters. The first-order chi connectivity index (χ1) is 4.63. The van der Waals surface area contributed by atoms with Crippen LogP contribution >= 0.6 is 12.4 Å². The number of halogens is 1. The van der Waals surface area contributed by atoms with Crippen molar-refractivity contribution >= 4 is 12.4 Å². The van der Waals surface area contributed by atoms with Crippen molar-refractivity contribution in [1.82, 2.24) is 5.01 Å². The van der Waals surface area contributed by atoms with E-state index in [0.717, 1.165) is 0 Å². The molecule has 64 valence electrons. The van der Waals surface area contributed by atoms with E-state index in [1.807, 2.05) is 0 Å². The summed E-state index contributed by atoms with van der Waals surface area (Å²) in [5.74, 6) is 0. The van der Waals surface area contributed by atoms with E-state index < -0.39 is 16.1 Å². The van der Waals surface area contributed by atoms with Gasteiger partial charge in [0, 0.05) is 0 Å². The molecule has 7 nitrogen and oxygen atoms in total. The molecule has 0 N–H and O–H groups in total. The summed E-state index contributed by atoms with van der Waals surface area (Å²) in [6.07, 6.45) is -0.830. The molecule has 1 heterocycles. The summed E-state index contributed by atoms with van der Waals surface area (Å²) < 4.78 is 0. The molecule has 0 bridgehead atoms. The third kappa shape index (κ3) is 1.67. The molecule has 0 aliphatic carbocycles. The van der Waals surface area contributed by atoms with Gasteiger partial charge in [0.25, 0.3) is 0 Å².